The Labute approximate surface area is 367 Å². The van der Waals surface area contributed by atoms with Crippen LogP contribution in [0.3, 0.4) is 0 Å². The molecule has 6 heteroatoms. The Bertz CT molecular complexity index is 1320. The zero-order valence-corrected chi connectivity index (χ0v) is 38.2. The topological polar surface area (TPSA) is 78.9 Å². The second kappa shape index (κ2) is 47.5. The van der Waals surface area contributed by atoms with E-state index in [9.17, 15) is 14.4 Å². The number of ether oxygens (including phenoxy) is 3. The van der Waals surface area contributed by atoms with E-state index in [1.165, 1.54) is 32.1 Å². The number of allylic oxidation sites excluding steroid dienone is 20. The Kier molecular flexibility index (Phi) is 44.2. The summed E-state index contributed by atoms with van der Waals surface area (Å²) in [7, 11) is 0. The highest BCUT2D eigenvalue weighted by Gasteiger charge is 2.19. The van der Waals surface area contributed by atoms with E-state index in [2.05, 4.69) is 130 Å². The highest BCUT2D eigenvalue weighted by molar-refractivity contribution is 5.71. The van der Waals surface area contributed by atoms with Crippen LogP contribution < -0.4 is 0 Å². The average Bonchev–Trinajstić information content (AvgIpc) is 3.24. The first kappa shape index (κ1) is 55.8. The molecule has 0 saturated heterocycles. The van der Waals surface area contributed by atoms with E-state index >= 15 is 0 Å². The molecule has 0 radical (unpaired) electrons. The molecule has 0 fully saturated rings. The number of esters is 3. The van der Waals surface area contributed by atoms with Crippen LogP contribution in [0.15, 0.2) is 122 Å². The maximum atomic E-state index is 12.7. The first-order chi connectivity index (χ1) is 29.5. The molecule has 0 aliphatic heterocycles. The lowest BCUT2D eigenvalue weighted by atomic mass is 10.1. The molecule has 1 atom stereocenters. The van der Waals surface area contributed by atoms with Crippen molar-refractivity contribution in [3.8, 4) is 0 Å². The molecule has 0 saturated carbocycles. The average molecular weight is 829 g/mol. The van der Waals surface area contributed by atoms with Crippen molar-refractivity contribution < 1.29 is 28.6 Å². The third kappa shape index (κ3) is 44.9. The highest BCUT2D eigenvalue weighted by atomic mass is 16.6. The molecule has 336 valence electrons. The fourth-order valence-corrected chi connectivity index (χ4v) is 5.74. The lowest BCUT2D eigenvalue weighted by Crippen LogP contribution is -2.30. The van der Waals surface area contributed by atoms with Crippen LogP contribution in [0.4, 0.5) is 0 Å². The maximum absolute atomic E-state index is 12.7. The van der Waals surface area contributed by atoms with Crippen molar-refractivity contribution in [3.63, 3.8) is 0 Å². The summed E-state index contributed by atoms with van der Waals surface area (Å²) in [4.78, 5) is 37.8. The molecule has 6 nitrogen and oxygen atoms in total. The van der Waals surface area contributed by atoms with Gasteiger partial charge in [0.25, 0.3) is 0 Å². The van der Waals surface area contributed by atoms with Crippen molar-refractivity contribution in [2.45, 2.75) is 187 Å². The number of rotatable bonds is 40. The van der Waals surface area contributed by atoms with Gasteiger partial charge in [-0.1, -0.05) is 181 Å². The number of unbranched alkanes of at least 4 members (excludes halogenated alkanes) is 10. The zero-order valence-electron chi connectivity index (χ0n) is 38.2. The van der Waals surface area contributed by atoms with Gasteiger partial charge in [0, 0.05) is 19.3 Å². The minimum atomic E-state index is -0.836. The summed E-state index contributed by atoms with van der Waals surface area (Å²) < 4.78 is 16.6. The second-order valence-corrected chi connectivity index (χ2v) is 14.9. The monoisotopic (exact) mass is 829 g/mol. The maximum Gasteiger partial charge on any atom is 0.306 e. The van der Waals surface area contributed by atoms with Gasteiger partial charge in [-0.25, -0.2) is 0 Å². The quantitative estimate of drug-likeness (QED) is 0.0201. The van der Waals surface area contributed by atoms with E-state index in [-0.39, 0.29) is 50.4 Å². The van der Waals surface area contributed by atoms with Crippen LogP contribution in [0.25, 0.3) is 0 Å². The third-order valence-electron chi connectivity index (χ3n) is 9.22. The Balaban J connectivity index is 4.59. The van der Waals surface area contributed by atoms with E-state index < -0.39 is 6.10 Å². The van der Waals surface area contributed by atoms with E-state index in [1.807, 2.05) is 12.2 Å². The van der Waals surface area contributed by atoms with Crippen LogP contribution in [0, 0.1) is 0 Å². The minimum Gasteiger partial charge on any atom is -0.462 e. The van der Waals surface area contributed by atoms with E-state index in [4.69, 9.17) is 14.2 Å². The molecule has 0 heterocycles. The molecule has 60 heavy (non-hydrogen) atoms. The van der Waals surface area contributed by atoms with Crippen molar-refractivity contribution >= 4 is 17.9 Å². The van der Waals surface area contributed by atoms with E-state index in [1.54, 1.807) is 0 Å². The predicted octanol–water partition coefficient (Wildman–Crippen LogP) is 15.4. The lowest BCUT2D eigenvalue weighted by molar-refractivity contribution is -0.166. The molecule has 0 N–H and O–H groups in total. The standard InChI is InChI=1S/C54H84O6/c1-4-7-10-13-16-19-22-24-26-28-29-32-35-38-41-44-47-53(56)59-50-51(49-58-52(55)46-43-40-37-34-31-21-18-15-12-9-6-3)60-54(57)48-45-42-39-36-33-30-27-25-23-20-17-14-11-8-5-2/h7,9-10,12,16-21,23-26,29,32,34,37-38,41,51H,4-6,8,11,13-15,22,27-28,30-31,33,35-36,39-40,42-50H2,1-3H3/b10-7-,12-9-,19-16-,20-17-,21-18-,25-23-,26-24-,32-29-,37-34-,41-38-. The van der Waals surface area contributed by atoms with Gasteiger partial charge in [0.2, 0.25) is 0 Å². The van der Waals surface area contributed by atoms with Crippen molar-refractivity contribution in [2.24, 2.45) is 0 Å². The molecule has 0 bridgehead atoms. The molecule has 0 aliphatic rings. The first-order valence-corrected chi connectivity index (χ1v) is 23.6. The normalized spacial score (nSPS) is 13.2. The SMILES string of the molecule is CC/C=C\C/C=C\C/C=C\C/C=C\C/C=C\CCC(=O)OCC(COC(=O)CCC/C=C\C/C=C\C/C=C\CC)OC(=O)CCCCCCCC/C=C\C=C/CCCCC. The van der Waals surface area contributed by atoms with Gasteiger partial charge in [-0.05, 0) is 103 Å². The van der Waals surface area contributed by atoms with Crippen molar-refractivity contribution in [3.05, 3.63) is 122 Å². The smallest absolute Gasteiger partial charge is 0.306 e. The van der Waals surface area contributed by atoms with E-state index in [0.29, 0.717) is 12.8 Å². The Hall–Kier alpha value is -4.19. The highest BCUT2D eigenvalue weighted by Crippen LogP contribution is 2.11. The summed E-state index contributed by atoms with van der Waals surface area (Å²) in [5.41, 5.74) is 0. The molecule has 0 aliphatic carbocycles. The van der Waals surface area contributed by atoms with Crippen LogP contribution in [0.2, 0.25) is 0 Å². The lowest BCUT2D eigenvalue weighted by Gasteiger charge is -2.18. The zero-order chi connectivity index (χ0) is 43.7. The van der Waals surface area contributed by atoms with Crippen LogP contribution in [-0.4, -0.2) is 37.2 Å². The van der Waals surface area contributed by atoms with Gasteiger partial charge in [-0.15, -0.1) is 0 Å². The van der Waals surface area contributed by atoms with Gasteiger partial charge in [0.1, 0.15) is 13.2 Å². The van der Waals surface area contributed by atoms with Crippen molar-refractivity contribution in [1.82, 2.24) is 0 Å². The predicted molar refractivity (Wildman–Crippen MR) is 256 cm³/mol. The molecule has 0 spiro atoms. The van der Waals surface area contributed by atoms with Crippen LogP contribution in [0.5, 0.6) is 0 Å². The summed E-state index contributed by atoms with van der Waals surface area (Å²) in [6.07, 6.45) is 64.9. The second-order valence-electron chi connectivity index (χ2n) is 14.9. The number of carbonyl (C=O) groups is 3. The minimum absolute atomic E-state index is 0.136. The fraction of sp³-hybridized carbons (Fsp3) is 0.574. The van der Waals surface area contributed by atoms with Gasteiger partial charge < -0.3 is 14.2 Å². The molecular weight excluding hydrogens is 745 g/mol. The van der Waals surface area contributed by atoms with Crippen LogP contribution >= 0.6 is 0 Å². The summed E-state index contributed by atoms with van der Waals surface area (Å²) >= 11 is 0. The first-order valence-electron chi connectivity index (χ1n) is 23.6. The van der Waals surface area contributed by atoms with Gasteiger partial charge in [0.15, 0.2) is 6.10 Å². The third-order valence-corrected chi connectivity index (χ3v) is 9.22. The number of hydrogen-bond donors (Lipinski definition) is 0. The number of carbonyl (C=O) groups excluding carboxylic acids is 3. The molecule has 0 aromatic carbocycles. The van der Waals surface area contributed by atoms with Crippen LogP contribution in [0.1, 0.15) is 181 Å². The van der Waals surface area contributed by atoms with Gasteiger partial charge in [-0.3, -0.25) is 14.4 Å². The van der Waals surface area contributed by atoms with Gasteiger partial charge >= 0.3 is 17.9 Å². The summed E-state index contributed by atoms with van der Waals surface area (Å²) in [6, 6.07) is 0. The fourth-order valence-electron chi connectivity index (χ4n) is 5.74. The molecule has 1 unspecified atom stereocenters. The van der Waals surface area contributed by atoms with Crippen molar-refractivity contribution in [1.29, 1.82) is 0 Å². The summed E-state index contributed by atoms with van der Waals surface area (Å²) in [6.45, 7) is 6.22. The number of hydrogen-bond acceptors (Lipinski definition) is 6. The molecule has 0 aromatic rings. The summed E-state index contributed by atoms with van der Waals surface area (Å²) in [5, 5.41) is 0. The summed E-state index contributed by atoms with van der Waals surface area (Å²) in [5.74, 6) is -1.10. The Morgan fingerprint density at radius 2 is 0.750 bits per heavy atom. The molecule has 0 amide bonds. The largest absolute Gasteiger partial charge is 0.462 e. The van der Waals surface area contributed by atoms with Crippen molar-refractivity contribution in [2.75, 3.05) is 13.2 Å². The Morgan fingerprint density at radius 1 is 0.367 bits per heavy atom. The molecule has 0 aromatic heterocycles. The van der Waals surface area contributed by atoms with E-state index in [0.717, 1.165) is 96.3 Å². The van der Waals surface area contributed by atoms with Gasteiger partial charge in [0.05, 0.1) is 0 Å². The molecular formula is C54H84O6. The van der Waals surface area contributed by atoms with Crippen LogP contribution in [-0.2, 0) is 28.6 Å². The van der Waals surface area contributed by atoms with Gasteiger partial charge in [-0.2, -0.15) is 0 Å². The Morgan fingerprint density at radius 3 is 1.25 bits per heavy atom. The molecule has 0 rings (SSSR count).